The van der Waals surface area contributed by atoms with E-state index in [1.54, 1.807) is 74.7 Å². The monoisotopic (exact) mass is 542 g/mol. The number of nitrogens with zero attached hydrogens (tertiary/aromatic N) is 4. The molecule has 1 amide bonds. The number of carbonyl (C=O) groups excluding carboxylic acids is 1. The van der Waals surface area contributed by atoms with E-state index < -0.39 is 16.9 Å². The number of anilines is 2. The first kappa shape index (κ1) is 26.2. The first-order valence-electron chi connectivity index (χ1n) is 12.2. The highest BCUT2D eigenvalue weighted by molar-refractivity contribution is 6.06. The molecule has 12 nitrogen and oxygen atoms in total. The maximum atomic E-state index is 13.8. The van der Waals surface area contributed by atoms with Crippen molar-refractivity contribution in [3.8, 4) is 28.6 Å². The fraction of sp³-hybridized carbons (Fsp3) is 0.179. The average molecular weight is 543 g/mol. The molecule has 0 fully saturated rings. The van der Waals surface area contributed by atoms with Crippen molar-refractivity contribution in [2.24, 2.45) is 0 Å². The van der Waals surface area contributed by atoms with E-state index in [1.165, 1.54) is 25.0 Å². The fourth-order valence-electron chi connectivity index (χ4n) is 4.65. The van der Waals surface area contributed by atoms with Crippen LogP contribution in [-0.4, -0.2) is 46.9 Å². The van der Waals surface area contributed by atoms with Gasteiger partial charge >= 0.3 is 0 Å². The van der Waals surface area contributed by atoms with E-state index in [0.717, 1.165) is 0 Å². The number of nitro benzene ring substituents is 1. The van der Waals surface area contributed by atoms with Crippen molar-refractivity contribution in [1.29, 1.82) is 0 Å². The zero-order valence-electron chi connectivity index (χ0n) is 22.2. The molecule has 204 valence electrons. The molecule has 12 heteroatoms. The number of nitrogens with one attached hydrogen (secondary N) is 2. The Kier molecular flexibility index (Phi) is 7.06. The Balaban J connectivity index is 1.65. The Labute approximate surface area is 229 Å². The zero-order chi connectivity index (χ0) is 28.4. The second-order valence-electron chi connectivity index (χ2n) is 8.81. The third kappa shape index (κ3) is 4.66. The first-order valence-corrected chi connectivity index (χ1v) is 12.2. The maximum absolute atomic E-state index is 13.8. The number of aromatic nitrogens is 3. The minimum atomic E-state index is -0.964. The van der Waals surface area contributed by atoms with Crippen LogP contribution in [0.15, 0.2) is 78.0 Å². The van der Waals surface area contributed by atoms with E-state index in [-0.39, 0.29) is 16.8 Å². The number of methoxy groups -OCH3 is 3. The predicted octanol–water partition coefficient (Wildman–Crippen LogP) is 4.81. The van der Waals surface area contributed by atoms with E-state index in [4.69, 9.17) is 19.3 Å². The lowest BCUT2D eigenvalue weighted by molar-refractivity contribution is -0.385. The van der Waals surface area contributed by atoms with Gasteiger partial charge in [0.2, 0.25) is 5.95 Å². The van der Waals surface area contributed by atoms with Gasteiger partial charge in [-0.25, -0.2) is 4.68 Å². The van der Waals surface area contributed by atoms with Gasteiger partial charge in [-0.1, -0.05) is 24.3 Å². The van der Waals surface area contributed by atoms with Gasteiger partial charge in [-0.15, -0.1) is 5.10 Å². The van der Waals surface area contributed by atoms with Crippen LogP contribution >= 0.6 is 0 Å². The molecule has 1 aromatic heterocycles. The van der Waals surface area contributed by atoms with Crippen molar-refractivity contribution in [3.05, 3.63) is 93.7 Å². The topological polar surface area (TPSA) is 143 Å². The van der Waals surface area contributed by atoms with Crippen LogP contribution in [0.25, 0.3) is 11.4 Å². The normalized spacial score (nSPS) is 14.2. The highest BCUT2D eigenvalue weighted by Crippen LogP contribution is 2.41. The molecule has 0 radical (unpaired) electrons. The number of benzene rings is 3. The molecule has 0 saturated carbocycles. The Morgan fingerprint density at radius 1 is 0.975 bits per heavy atom. The second kappa shape index (κ2) is 10.8. The van der Waals surface area contributed by atoms with Crippen molar-refractivity contribution in [1.82, 2.24) is 14.8 Å². The second-order valence-corrected chi connectivity index (χ2v) is 8.81. The average Bonchev–Trinajstić information content (AvgIpc) is 3.39. The number of para-hydroxylation sites is 3. The number of nitro groups is 1. The summed E-state index contributed by atoms with van der Waals surface area (Å²) in [6.07, 6.45) is 0. The number of allylic oxidation sites excluding steroid dienone is 1. The van der Waals surface area contributed by atoms with E-state index in [0.29, 0.717) is 46.0 Å². The summed E-state index contributed by atoms with van der Waals surface area (Å²) < 4.78 is 17.6. The third-order valence-electron chi connectivity index (χ3n) is 6.52. The Bertz CT molecular complexity index is 1650. The first-order chi connectivity index (χ1) is 19.4. The zero-order valence-corrected chi connectivity index (χ0v) is 22.2. The molecule has 0 saturated heterocycles. The van der Waals surface area contributed by atoms with Crippen LogP contribution in [0.4, 0.5) is 17.3 Å². The lowest BCUT2D eigenvalue weighted by Crippen LogP contribution is -2.32. The summed E-state index contributed by atoms with van der Waals surface area (Å²) in [7, 11) is 4.57. The van der Waals surface area contributed by atoms with E-state index in [1.807, 2.05) is 0 Å². The Morgan fingerprint density at radius 3 is 2.40 bits per heavy atom. The van der Waals surface area contributed by atoms with Crippen LogP contribution in [0.1, 0.15) is 18.5 Å². The van der Waals surface area contributed by atoms with Gasteiger partial charge in [0.15, 0.2) is 17.3 Å². The summed E-state index contributed by atoms with van der Waals surface area (Å²) in [6.45, 7) is 1.72. The SMILES string of the molecule is COc1ccccc1NC(=O)C1=C(C)Nc2nc(-c3ccc(OC)c(OC)c3)nn2C1c1ccccc1[N+](=O)[O-]. The summed E-state index contributed by atoms with van der Waals surface area (Å²) in [5.41, 5.74) is 1.90. The minimum absolute atomic E-state index is 0.154. The van der Waals surface area contributed by atoms with Gasteiger partial charge < -0.3 is 24.8 Å². The molecule has 2 N–H and O–H groups in total. The van der Waals surface area contributed by atoms with Gasteiger partial charge in [-0.2, -0.15) is 4.98 Å². The van der Waals surface area contributed by atoms with Gasteiger partial charge in [-0.05, 0) is 43.3 Å². The molecule has 1 aliphatic rings. The van der Waals surface area contributed by atoms with Crippen LogP contribution in [-0.2, 0) is 4.79 Å². The number of hydrogen-bond donors (Lipinski definition) is 2. The standard InChI is InChI=1S/C28H26N6O6/c1-16-24(27(35)30-19-10-6-8-12-21(19)38-2)25(18-9-5-7-11-20(18)34(36)37)33-28(29-16)31-26(32-33)17-13-14-22(39-3)23(15-17)40-4/h5-15,25H,1-4H3,(H,30,35)(H,29,31,32). The molecule has 0 aliphatic carbocycles. The quantitative estimate of drug-likeness (QED) is 0.237. The molecule has 2 heterocycles. The number of ether oxygens (including phenoxy) is 3. The lowest BCUT2D eigenvalue weighted by Gasteiger charge is -2.28. The smallest absolute Gasteiger partial charge is 0.275 e. The van der Waals surface area contributed by atoms with Gasteiger partial charge in [0.1, 0.15) is 11.8 Å². The molecular weight excluding hydrogens is 516 g/mol. The largest absolute Gasteiger partial charge is 0.495 e. The van der Waals surface area contributed by atoms with Gasteiger partial charge in [0, 0.05) is 17.3 Å². The van der Waals surface area contributed by atoms with Crippen LogP contribution in [0.5, 0.6) is 17.2 Å². The number of rotatable bonds is 8. The van der Waals surface area contributed by atoms with Crippen molar-refractivity contribution in [2.45, 2.75) is 13.0 Å². The summed E-state index contributed by atoms with van der Waals surface area (Å²) in [6, 6.07) is 17.5. The molecule has 4 aromatic rings. The number of carbonyl (C=O) groups is 1. The van der Waals surface area contributed by atoms with E-state index >= 15 is 0 Å². The van der Waals surface area contributed by atoms with Crippen LogP contribution in [0.2, 0.25) is 0 Å². The molecule has 1 aliphatic heterocycles. The molecule has 0 spiro atoms. The van der Waals surface area contributed by atoms with E-state index in [2.05, 4.69) is 15.6 Å². The predicted molar refractivity (Wildman–Crippen MR) is 148 cm³/mol. The van der Waals surface area contributed by atoms with Crippen molar-refractivity contribution >= 4 is 23.2 Å². The van der Waals surface area contributed by atoms with Gasteiger partial charge in [0.25, 0.3) is 11.6 Å². The molecule has 1 unspecified atom stereocenters. The van der Waals surface area contributed by atoms with Crippen molar-refractivity contribution in [2.75, 3.05) is 32.0 Å². The molecule has 40 heavy (non-hydrogen) atoms. The number of fused-ring (bicyclic) bond motifs is 1. The molecule has 3 aromatic carbocycles. The van der Waals surface area contributed by atoms with Crippen LogP contribution < -0.4 is 24.8 Å². The highest BCUT2D eigenvalue weighted by atomic mass is 16.6. The summed E-state index contributed by atoms with van der Waals surface area (Å²) in [5, 5.41) is 22.8. The highest BCUT2D eigenvalue weighted by Gasteiger charge is 2.38. The Morgan fingerprint density at radius 2 is 1.68 bits per heavy atom. The van der Waals surface area contributed by atoms with Crippen molar-refractivity contribution in [3.63, 3.8) is 0 Å². The van der Waals surface area contributed by atoms with Crippen LogP contribution in [0.3, 0.4) is 0 Å². The fourth-order valence-corrected chi connectivity index (χ4v) is 4.65. The third-order valence-corrected chi connectivity index (χ3v) is 6.52. The van der Waals surface area contributed by atoms with Gasteiger partial charge in [0.05, 0.1) is 43.1 Å². The van der Waals surface area contributed by atoms with Crippen LogP contribution in [0, 0.1) is 10.1 Å². The lowest BCUT2D eigenvalue weighted by atomic mass is 9.93. The summed E-state index contributed by atoms with van der Waals surface area (Å²) in [5.74, 6) is 1.66. The number of amides is 1. The Hall–Kier alpha value is -5.39. The maximum Gasteiger partial charge on any atom is 0.275 e. The molecule has 5 rings (SSSR count). The minimum Gasteiger partial charge on any atom is -0.495 e. The summed E-state index contributed by atoms with van der Waals surface area (Å²) >= 11 is 0. The van der Waals surface area contributed by atoms with E-state index in [9.17, 15) is 14.9 Å². The summed E-state index contributed by atoms with van der Waals surface area (Å²) in [4.78, 5) is 30.0. The van der Waals surface area contributed by atoms with Gasteiger partial charge in [-0.3, -0.25) is 14.9 Å². The molecule has 1 atom stereocenters. The molecular formula is C28H26N6O6. The molecule has 0 bridgehead atoms. The van der Waals surface area contributed by atoms with Crippen molar-refractivity contribution < 1.29 is 23.9 Å². The number of hydrogen-bond acceptors (Lipinski definition) is 9.